The molecule has 0 radical (unpaired) electrons. The molecule has 0 amide bonds. The summed E-state index contributed by atoms with van der Waals surface area (Å²) in [4.78, 5) is 10.0. The highest BCUT2D eigenvalue weighted by Crippen LogP contribution is 2.48. The summed E-state index contributed by atoms with van der Waals surface area (Å²) in [6, 6.07) is 5.71. The topological polar surface area (TPSA) is 69.4 Å². The van der Waals surface area contributed by atoms with Crippen molar-refractivity contribution < 1.29 is 14.0 Å². The van der Waals surface area contributed by atoms with Gasteiger partial charge in [0.25, 0.3) is 5.69 Å². The predicted octanol–water partition coefficient (Wildman–Crippen LogP) is 4.07. The second-order valence-electron chi connectivity index (χ2n) is 4.10. The van der Waals surface area contributed by atoms with Crippen LogP contribution < -0.4 is 4.52 Å². The molecule has 0 heterocycles. The third kappa shape index (κ3) is 4.15. The SMILES string of the molecule is CCCP(=O)(CCC)Oc1ccc([N+](=O)[O-])cc1. The molecular formula is C12H18NO4P. The number of nitro groups is 1. The molecule has 0 saturated heterocycles. The van der Waals surface area contributed by atoms with Gasteiger partial charge in [0.2, 0.25) is 7.37 Å². The maximum absolute atomic E-state index is 12.4. The Kier molecular flexibility index (Phi) is 5.35. The predicted molar refractivity (Wildman–Crippen MR) is 71.6 cm³/mol. The largest absolute Gasteiger partial charge is 0.443 e. The first-order valence-corrected chi connectivity index (χ1v) is 8.02. The lowest BCUT2D eigenvalue weighted by atomic mass is 10.3. The molecule has 1 aromatic carbocycles. The zero-order valence-electron chi connectivity index (χ0n) is 10.7. The van der Waals surface area contributed by atoms with Crippen molar-refractivity contribution in [2.75, 3.05) is 12.3 Å². The molecule has 0 spiro atoms. The smallest absolute Gasteiger partial charge is 0.269 e. The first-order valence-electron chi connectivity index (χ1n) is 6.03. The highest BCUT2D eigenvalue weighted by atomic mass is 31.2. The van der Waals surface area contributed by atoms with E-state index in [9.17, 15) is 14.7 Å². The van der Waals surface area contributed by atoms with Crippen LogP contribution in [0.15, 0.2) is 24.3 Å². The van der Waals surface area contributed by atoms with Gasteiger partial charge in [0.15, 0.2) is 0 Å². The molecule has 18 heavy (non-hydrogen) atoms. The van der Waals surface area contributed by atoms with Gasteiger partial charge in [-0.2, -0.15) is 0 Å². The zero-order valence-corrected chi connectivity index (χ0v) is 11.6. The molecule has 0 aliphatic heterocycles. The molecule has 1 rings (SSSR count). The van der Waals surface area contributed by atoms with E-state index >= 15 is 0 Å². The number of hydrogen-bond acceptors (Lipinski definition) is 4. The van der Waals surface area contributed by atoms with Crippen molar-refractivity contribution in [1.82, 2.24) is 0 Å². The van der Waals surface area contributed by atoms with Gasteiger partial charge < -0.3 is 4.52 Å². The molecule has 0 aromatic heterocycles. The minimum atomic E-state index is -2.65. The Morgan fingerprint density at radius 2 is 1.67 bits per heavy atom. The molecule has 0 saturated carbocycles. The summed E-state index contributed by atoms with van der Waals surface area (Å²) in [6.07, 6.45) is 2.67. The number of non-ortho nitro benzene ring substituents is 1. The maximum atomic E-state index is 12.4. The highest BCUT2D eigenvalue weighted by Gasteiger charge is 2.22. The molecule has 0 fully saturated rings. The molecule has 6 heteroatoms. The van der Waals surface area contributed by atoms with E-state index in [1.54, 1.807) is 0 Å². The summed E-state index contributed by atoms with van der Waals surface area (Å²) in [6.45, 7) is 3.92. The van der Waals surface area contributed by atoms with Gasteiger partial charge in [0, 0.05) is 24.5 Å². The zero-order chi connectivity index (χ0) is 13.6. The minimum absolute atomic E-state index is 0.00293. The Bertz CT molecular complexity index is 434. The molecule has 0 bridgehead atoms. The van der Waals surface area contributed by atoms with E-state index in [0.29, 0.717) is 18.1 Å². The monoisotopic (exact) mass is 271 g/mol. The van der Waals surface area contributed by atoms with E-state index in [1.165, 1.54) is 24.3 Å². The van der Waals surface area contributed by atoms with Crippen LogP contribution in [0.2, 0.25) is 0 Å². The van der Waals surface area contributed by atoms with Crippen molar-refractivity contribution in [2.24, 2.45) is 0 Å². The summed E-state index contributed by atoms with van der Waals surface area (Å²) in [5.74, 6) is 0.436. The van der Waals surface area contributed by atoms with Crippen LogP contribution in [-0.2, 0) is 4.57 Å². The second-order valence-corrected chi connectivity index (χ2v) is 6.81. The molecule has 0 aliphatic carbocycles. The van der Waals surface area contributed by atoms with Crippen LogP contribution in [0.1, 0.15) is 26.7 Å². The Balaban J connectivity index is 2.81. The molecule has 0 aliphatic rings. The molecule has 5 nitrogen and oxygen atoms in total. The number of nitro benzene ring substituents is 1. The van der Waals surface area contributed by atoms with E-state index in [-0.39, 0.29) is 5.69 Å². The highest BCUT2D eigenvalue weighted by molar-refractivity contribution is 7.59. The number of benzene rings is 1. The van der Waals surface area contributed by atoms with Gasteiger partial charge in [0.05, 0.1) is 4.92 Å². The van der Waals surface area contributed by atoms with Crippen molar-refractivity contribution >= 4 is 13.1 Å². The Morgan fingerprint density at radius 3 is 2.06 bits per heavy atom. The van der Waals surface area contributed by atoms with Crippen molar-refractivity contribution in [3.8, 4) is 5.75 Å². The molecule has 0 unspecified atom stereocenters. The fourth-order valence-corrected chi connectivity index (χ4v) is 3.98. The molecule has 1 aromatic rings. The van der Waals surface area contributed by atoms with Crippen LogP contribution in [0.3, 0.4) is 0 Å². The van der Waals surface area contributed by atoms with E-state index < -0.39 is 12.3 Å². The summed E-state index contributed by atoms with van der Waals surface area (Å²) in [5.41, 5.74) is 0.00293. The van der Waals surface area contributed by atoms with E-state index in [2.05, 4.69) is 0 Å². The molecule has 100 valence electrons. The average molecular weight is 271 g/mol. The maximum Gasteiger partial charge on any atom is 0.269 e. The fraction of sp³-hybridized carbons (Fsp3) is 0.500. The molecule has 0 N–H and O–H groups in total. The fourth-order valence-electron chi connectivity index (χ4n) is 1.71. The molecule has 0 atom stereocenters. The first kappa shape index (κ1) is 14.7. The second kappa shape index (κ2) is 6.55. The van der Waals surface area contributed by atoms with Crippen LogP contribution in [0.4, 0.5) is 5.69 Å². The van der Waals surface area contributed by atoms with Crippen molar-refractivity contribution in [2.45, 2.75) is 26.7 Å². The van der Waals surface area contributed by atoms with Crippen LogP contribution in [0.5, 0.6) is 5.75 Å². The summed E-state index contributed by atoms with van der Waals surface area (Å²) in [5, 5.41) is 10.5. The summed E-state index contributed by atoms with van der Waals surface area (Å²) < 4.78 is 18.0. The first-order chi connectivity index (χ1) is 8.50. The van der Waals surface area contributed by atoms with Gasteiger partial charge in [-0.05, 0) is 25.0 Å². The Hall–Kier alpha value is -1.35. The van der Waals surface area contributed by atoms with Crippen molar-refractivity contribution in [3.05, 3.63) is 34.4 Å². The third-order valence-corrected chi connectivity index (χ3v) is 5.25. The standard InChI is InChI=1S/C12H18NO4P/c1-3-9-18(16,10-4-2)17-12-7-5-11(6-8-12)13(14)15/h5-8H,3-4,9-10H2,1-2H3. The van der Waals surface area contributed by atoms with Gasteiger partial charge in [-0.1, -0.05) is 13.8 Å². The Labute approximate surface area is 107 Å². The van der Waals surface area contributed by atoms with E-state index in [1.807, 2.05) is 13.8 Å². The quantitative estimate of drug-likeness (QED) is 0.426. The molecular weight excluding hydrogens is 253 g/mol. The normalized spacial score (nSPS) is 11.2. The van der Waals surface area contributed by atoms with Gasteiger partial charge >= 0.3 is 0 Å². The average Bonchev–Trinajstić information content (AvgIpc) is 2.30. The Morgan fingerprint density at radius 1 is 1.17 bits per heavy atom. The van der Waals surface area contributed by atoms with Crippen molar-refractivity contribution in [3.63, 3.8) is 0 Å². The lowest BCUT2D eigenvalue weighted by Gasteiger charge is -2.18. The van der Waals surface area contributed by atoms with Crippen LogP contribution in [0, 0.1) is 10.1 Å². The summed E-state index contributed by atoms with van der Waals surface area (Å²) in [7, 11) is -2.65. The van der Waals surface area contributed by atoms with Crippen LogP contribution in [-0.4, -0.2) is 17.2 Å². The van der Waals surface area contributed by atoms with Crippen LogP contribution >= 0.6 is 7.37 Å². The van der Waals surface area contributed by atoms with Crippen LogP contribution in [0.25, 0.3) is 0 Å². The van der Waals surface area contributed by atoms with E-state index in [0.717, 1.165) is 12.8 Å². The van der Waals surface area contributed by atoms with Gasteiger partial charge in [0.1, 0.15) is 5.75 Å². The van der Waals surface area contributed by atoms with E-state index in [4.69, 9.17) is 4.52 Å². The van der Waals surface area contributed by atoms with Crippen molar-refractivity contribution in [1.29, 1.82) is 0 Å². The lowest BCUT2D eigenvalue weighted by Crippen LogP contribution is -2.01. The van der Waals surface area contributed by atoms with Gasteiger partial charge in [-0.25, -0.2) is 0 Å². The number of hydrogen-bond donors (Lipinski definition) is 0. The van der Waals surface area contributed by atoms with Gasteiger partial charge in [-0.15, -0.1) is 0 Å². The number of rotatable bonds is 7. The number of nitrogens with zero attached hydrogens (tertiary/aromatic N) is 1. The third-order valence-electron chi connectivity index (χ3n) is 2.45. The minimum Gasteiger partial charge on any atom is -0.443 e. The van der Waals surface area contributed by atoms with Gasteiger partial charge in [-0.3, -0.25) is 14.7 Å². The lowest BCUT2D eigenvalue weighted by molar-refractivity contribution is -0.384. The summed E-state index contributed by atoms with van der Waals surface area (Å²) >= 11 is 0.